The fourth-order valence-corrected chi connectivity index (χ4v) is 3.78. The number of aromatic nitrogens is 3. The van der Waals surface area contributed by atoms with Gasteiger partial charge in [-0.25, -0.2) is 0 Å². The van der Waals surface area contributed by atoms with Gasteiger partial charge in [-0.15, -0.1) is 16.8 Å². The number of hydrogen-bond donors (Lipinski definition) is 0. The fraction of sp³-hybridized carbons (Fsp3) is 0.238. The zero-order chi connectivity index (χ0) is 17.5. The molecular weight excluding hydrogens is 326 g/mol. The van der Waals surface area contributed by atoms with Gasteiger partial charge in [0.25, 0.3) is 0 Å². The molecular formula is C21H23N3S. The normalized spacial score (nSPS) is 10.8. The topological polar surface area (TPSA) is 30.7 Å². The summed E-state index contributed by atoms with van der Waals surface area (Å²) in [5, 5.41) is 9.81. The summed E-state index contributed by atoms with van der Waals surface area (Å²) in [5.74, 6) is 1.93. The maximum Gasteiger partial charge on any atom is 0.191 e. The van der Waals surface area contributed by atoms with E-state index in [0.717, 1.165) is 36.1 Å². The minimum atomic E-state index is 0.743. The predicted molar refractivity (Wildman–Crippen MR) is 105 cm³/mol. The first-order chi connectivity index (χ1) is 12.3. The van der Waals surface area contributed by atoms with Crippen LogP contribution in [0.3, 0.4) is 0 Å². The van der Waals surface area contributed by atoms with Crippen LogP contribution in [0.5, 0.6) is 0 Å². The summed E-state index contributed by atoms with van der Waals surface area (Å²) in [4.78, 5) is 0. The third-order valence-corrected chi connectivity index (χ3v) is 5.22. The Morgan fingerprint density at radius 2 is 1.76 bits per heavy atom. The molecule has 1 heterocycles. The summed E-state index contributed by atoms with van der Waals surface area (Å²) in [7, 11) is 0. The third-order valence-electron chi connectivity index (χ3n) is 4.20. The van der Waals surface area contributed by atoms with Gasteiger partial charge < -0.3 is 4.57 Å². The number of rotatable bonds is 8. The summed E-state index contributed by atoms with van der Waals surface area (Å²) < 4.78 is 2.18. The van der Waals surface area contributed by atoms with Crippen LogP contribution in [0, 0.1) is 6.92 Å². The van der Waals surface area contributed by atoms with Gasteiger partial charge in [0.1, 0.15) is 5.82 Å². The van der Waals surface area contributed by atoms with Crippen LogP contribution >= 0.6 is 11.8 Å². The minimum Gasteiger partial charge on any atom is -0.302 e. The predicted octanol–water partition coefficient (Wildman–Crippen LogP) is 4.85. The molecule has 128 valence electrons. The molecule has 3 aromatic rings. The molecule has 25 heavy (non-hydrogen) atoms. The Balaban J connectivity index is 1.70. The summed E-state index contributed by atoms with van der Waals surface area (Å²) in [6.45, 7) is 6.77. The molecule has 0 fully saturated rings. The average Bonchev–Trinajstić information content (AvgIpc) is 3.02. The van der Waals surface area contributed by atoms with Crippen LogP contribution in [0.15, 0.2) is 72.4 Å². The van der Waals surface area contributed by atoms with Crippen LogP contribution < -0.4 is 0 Å². The Bertz CT molecular complexity index is 824. The Hall–Kier alpha value is -2.33. The lowest BCUT2D eigenvalue weighted by atomic mass is 10.1. The van der Waals surface area contributed by atoms with Crippen molar-refractivity contribution in [2.75, 3.05) is 0 Å². The molecule has 3 nitrogen and oxygen atoms in total. The molecule has 0 aliphatic heterocycles. The van der Waals surface area contributed by atoms with Crippen molar-refractivity contribution in [1.82, 2.24) is 14.8 Å². The van der Waals surface area contributed by atoms with E-state index in [1.54, 1.807) is 11.8 Å². The maximum absolute atomic E-state index is 4.43. The lowest BCUT2D eigenvalue weighted by molar-refractivity contribution is 0.673. The highest BCUT2D eigenvalue weighted by Gasteiger charge is 2.12. The quantitative estimate of drug-likeness (QED) is 0.430. The number of benzene rings is 2. The van der Waals surface area contributed by atoms with E-state index in [9.17, 15) is 0 Å². The van der Waals surface area contributed by atoms with E-state index in [1.807, 2.05) is 12.1 Å². The second kappa shape index (κ2) is 8.67. The monoisotopic (exact) mass is 349 g/mol. The Labute approximate surface area is 153 Å². The molecule has 0 amide bonds. The summed E-state index contributed by atoms with van der Waals surface area (Å²) >= 11 is 1.74. The van der Waals surface area contributed by atoms with E-state index in [-0.39, 0.29) is 0 Å². The van der Waals surface area contributed by atoms with E-state index >= 15 is 0 Å². The Morgan fingerprint density at radius 3 is 2.52 bits per heavy atom. The number of aryl methyl sites for hydroxylation is 3. The summed E-state index contributed by atoms with van der Waals surface area (Å²) in [6.07, 6.45) is 3.77. The highest BCUT2D eigenvalue weighted by molar-refractivity contribution is 7.98. The largest absolute Gasteiger partial charge is 0.302 e. The second-order valence-corrected chi connectivity index (χ2v) is 6.94. The molecule has 2 aromatic carbocycles. The lowest BCUT2D eigenvalue weighted by Crippen LogP contribution is -2.05. The minimum absolute atomic E-state index is 0.743. The van der Waals surface area contributed by atoms with Gasteiger partial charge in [-0.3, -0.25) is 0 Å². The standard InChI is InChI=1S/C21H23N3S/c1-3-15-24-20(14-13-18-10-5-4-6-11-18)22-23-21(24)25-16-19-12-8-7-9-17(19)2/h3-12H,1,13-16H2,2H3. The van der Waals surface area contributed by atoms with E-state index in [2.05, 4.69) is 76.8 Å². The van der Waals surface area contributed by atoms with E-state index in [0.29, 0.717) is 0 Å². The van der Waals surface area contributed by atoms with Gasteiger partial charge >= 0.3 is 0 Å². The molecule has 0 N–H and O–H groups in total. The van der Waals surface area contributed by atoms with Gasteiger partial charge in [0.2, 0.25) is 0 Å². The molecule has 0 unspecified atom stereocenters. The van der Waals surface area contributed by atoms with Crippen molar-refractivity contribution in [3.8, 4) is 0 Å². The van der Waals surface area contributed by atoms with Crippen molar-refractivity contribution < 1.29 is 0 Å². The molecule has 0 spiro atoms. The summed E-state index contributed by atoms with van der Waals surface area (Å²) in [5.41, 5.74) is 3.98. The first-order valence-corrected chi connectivity index (χ1v) is 9.50. The van der Waals surface area contributed by atoms with Crippen molar-refractivity contribution in [2.45, 2.75) is 37.2 Å². The van der Waals surface area contributed by atoms with E-state index in [4.69, 9.17) is 0 Å². The molecule has 0 atom stereocenters. The zero-order valence-electron chi connectivity index (χ0n) is 14.6. The van der Waals surface area contributed by atoms with Crippen LogP contribution in [0.25, 0.3) is 0 Å². The maximum atomic E-state index is 4.43. The highest BCUT2D eigenvalue weighted by atomic mass is 32.2. The molecule has 0 saturated carbocycles. The van der Waals surface area contributed by atoms with Gasteiger partial charge in [-0.05, 0) is 30.0 Å². The van der Waals surface area contributed by atoms with Crippen LogP contribution in [0.4, 0.5) is 0 Å². The molecule has 1 aromatic heterocycles. The Morgan fingerprint density at radius 1 is 1.00 bits per heavy atom. The second-order valence-electron chi connectivity index (χ2n) is 6.00. The first kappa shape index (κ1) is 17.5. The van der Waals surface area contributed by atoms with Crippen LogP contribution in [-0.4, -0.2) is 14.8 Å². The van der Waals surface area contributed by atoms with Crippen LogP contribution in [0.1, 0.15) is 22.5 Å². The smallest absolute Gasteiger partial charge is 0.191 e. The van der Waals surface area contributed by atoms with Gasteiger partial charge in [0.05, 0.1) is 0 Å². The number of nitrogens with zero attached hydrogens (tertiary/aromatic N) is 3. The molecule has 4 heteroatoms. The van der Waals surface area contributed by atoms with E-state index < -0.39 is 0 Å². The van der Waals surface area contributed by atoms with Gasteiger partial charge in [-0.1, -0.05) is 72.4 Å². The molecule has 3 rings (SSSR count). The number of hydrogen-bond acceptors (Lipinski definition) is 3. The molecule has 0 saturated heterocycles. The highest BCUT2D eigenvalue weighted by Crippen LogP contribution is 2.24. The SMILES string of the molecule is C=CCn1c(CCc2ccccc2)nnc1SCc1ccccc1C. The molecule has 0 radical (unpaired) electrons. The van der Waals surface area contributed by atoms with Crippen molar-refractivity contribution >= 4 is 11.8 Å². The zero-order valence-corrected chi connectivity index (χ0v) is 15.4. The van der Waals surface area contributed by atoms with Gasteiger partial charge in [0, 0.05) is 18.7 Å². The molecule has 0 aliphatic rings. The van der Waals surface area contributed by atoms with Gasteiger partial charge in [-0.2, -0.15) is 0 Å². The van der Waals surface area contributed by atoms with Crippen molar-refractivity contribution in [2.24, 2.45) is 0 Å². The van der Waals surface area contributed by atoms with E-state index in [1.165, 1.54) is 16.7 Å². The summed E-state index contributed by atoms with van der Waals surface area (Å²) in [6, 6.07) is 19.0. The first-order valence-electron chi connectivity index (χ1n) is 8.52. The van der Waals surface area contributed by atoms with Crippen LogP contribution in [0.2, 0.25) is 0 Å². The van der Waals surface area contributed by atoms with Crippen molar-refractivity contribution in [3.05, 3.63) is 89.8 Å². The van der Waals surface area contributed by atoms with Gasteiger partial charge in [0.15, 0.2) is 5.16 Å². The average molecular weight is 350 g/mol. The lowest BCUT2D eigenvalue weighted by Gasteiger charge is -2.09. The Kier molecular flexibility index (Phi) is 6.07. The van der Waals surface area contributed by atoms with Crippen molar-refractivity contribution in [1.29, 1.82) is 0 Å². The number of thioether (sulfide) groups is 1. The van der Waals surface area contributed by atoms with Crippen molar-refractivity contribution in [3.63, 3.8) is 0 Å². The van der Waals surface area contributed by atoms with Crippen LogP contribution in [-0.2, 0) is 25.1 Å². The fourth-order valence-electron chi connectivity index (χ4n) is 2.74. The number of allylic oxidation sites excluding steroid dienone is 1. The molecule has 0 bridgehead atoms. The third kappa shape index (κ3) is 4.60. The molecule has 0 aliphatic carbocycles.